The van der Waals surface area contributed by atoms with Gasteiger partial charge in [0.1, 0.15) is 0 Å². The van der Waals surface area contributed by atoms with Gasteiger partial charge in [-0.2, -0.15) is 0 Å². The number of thiazole rings is 1. The van der Waals surface area contributed by atoms with E-state index in [0.717, 1.165) is 32.7 Å². The van der Waals surface area contributed by atoms with Crippen LogP contribution < -0.4 is 10.2 Å². The van der Waals surface area contributed by atoms with Crippen LogP contribution >= 0.6 is 11.3 Å². The van der Waals surface area contributed by atoms with Crippen molar-refractivity contribution in [2.75, 3.05) is 37.6 Å². The van der Waals surface area contributed by atoms with E-state index >= 15 is 0 Å². The number of piperazine rings is 1. The lowest BCUT2D eigenvalue weighted by Gasteiger charge is -2.38. The first-order valence-corrected chi connectivity index (χ1v) is 8.74. The number of nitrogens with zero attached hydrogens (tertiary/aromatic N) is 3. The lowest BCUT2D eigenvalue weighted by atomic mass is 10.1. The molecule has 0 aromatic carbocycles. The first-order chi connectivity index (χ1) is 9.74. The van der Waals surface area contributed by atoms with E-state index in [4.69, 9.17) is 0 Å². The van der Waals surface area contributed by atoms with E-state index in [9.17, 15) is 0 Å². The lowest BCUT2D eigenvalue weighted by molar-refractivity contribution is 0.188. The molecule has 2 heterocycles. The van der Waals surface area contributed by atoms with Gasteiger partial charge in [0.25, 0.3) is 0 Å². The lowest BCUT2D eigenvalue weighted by Crippen LogP contribution is -2.52. The molecule has 1 aromatic rings. The van der Waals surface area contributed by atoms with Gasteiger partial charge in [0.15, 0.2) is 5.13 Å². The molecule has 0 bridgehead atoms. The van der Waals surface area contributed by atoms with Crippen LogP contribution in [0, 0.1) is 0 Å². The standard InChI is InChI=1S/C15H28N4S/c1-4-14(5-2)17-12-13(3)18-7-9-19(10-8-18)15-16-6-11-20-15/h6,11,13-14,17H,4-5,7-10,12H2,1-3H3. The van der Waals surface area contributed by atoms with Crippen molar-refractivity contribution in [3.63, 3.8) is 0 Å². The molecule has 0 aliphatic carbocycles. The van der Waals surface area contributed by atoms with Gasteiger partial charge in [0, 0.05) is 56.4 Å². The number of hydrogen-bond acceptors (Lipinski definition) is 5. The number of nitrogens with one attached hydrogen (secondary N) is 1. The summed E-state index contributed by atoms with van der Waals surface area (Å²) in [4.78, 5) is 9.41. The third kappa shape index (κ3) is 4.17. The van der Waals surface area contributed by atoms with Crippen molar-refractivity contribution in [3.8, 4) is 0 Å². The second-order valence-electron chi connectivity index (χ2n) is 5.61. The Balaban J connectivity index is 1.73. The Bertz CT molecular complexity index is 356. The highest BCUT2D eigenvalue weighted by Crippen LogP contribution is 2.19. The Morgan fingerprint density at radius 1 is 1.25 bits per heavy atom. The molecule has 2 rings (SSSR count). The van der Waals surface area contributed by atoms with Crippen molar-refractivity contribution in [2.45, 2.75) is 45.7 Å². The molecule has 1 aliphatic rings. The fourth-order valence-electron chi connectivity index (χ4n) is 2.77. The molecule has 0 amide bonds. The Kier molecular flexibility index (Phi) is 6.26. The number of rotatable bonds is 7. The molecule has 0 saturated carbocycles. The molecule has 1 aromatic heterocycles. The molecule has 20 heavy (non-hydrogen) atoms. The van der Waals surface area contributed by atoms with E-state index < -0.39 is 0 Å². The van der Waals surface area contributed by atoms with Gasteiger partial charge in [-0.05, 0) is 19.8 Å². The zero-order valence-corrected chi connectivity index (χ0v) is 13.8. The summed E-state index contributed by atoms with van der Waals surface area (Å²) in [6, 6.07) is 1.29. The SMILES string of the molecule is CCC(CC)NCC(C)N1CCN(c2nccs2)CC1. The van der Waals surface area contributed by atoms with Crippen LogP contribution in [0.1, 0.15) is 33.6 Å². The predicted octanol–water partition coefficient (Wildman–Crippen LogP) is 2.43. The van der Waals surface area contributed by atoms with Gasteiger partial charge in [-0.15, -0.1) is 11.3 Å². The Labute approximate surface area is 127 Å². The Morgan fingerprint density at radius 3 is 2.50 bits per heavy atom. The normalized spacial score (nSPS) is 18.7. The molecule has 1 unspecified atom stereocenters. The summed E-state index contributed by atoms with van der Waals surface area (Å²) in [6.45, 7) is 12.5. The van der Waals surface area contributed by atoms with E-state index in [1.54, 1.807) is 11.3 Å². The first-order valence-electron chi connectivity index (χ1n) is 7.86. The Hall–Kier alpha value is -0.650. The van der Waals surface area contributed by atoms with Crippen molar-refractivity contribution in [1.82, 2.24) is 15.2 Å². The molecular weight excluding hydrogens is 268 g/mol. The van der Waals surface area contributed by atoms with Crippen LogP contribution in [-0.4, -0.2) is 54.7 Å². The molecule has 0 spiro atoms. The average molecular weight is 296 g/mol. The summed E-state index contributed by atoms with van der Waals surface area (Å²) in [5.41, 5.74) is 0. The zero-order chi connectivity index (χ0) is 14.4. The number of aromatic nitrogens is 1. The summed E-state index contributed by atoms with van der Waals surface area (Å²) in [6.07, 6.45) is 4.34. The molecule has 4 nitrogen and oxygen atoms in total. The van der Waals surface area contributed by atoms with Gasteiger partial charge in [-0.3, -0.25) is 4.90 Å². The monoisotopic (exact) mass is 296 g/mol. The maximum atomic E-state index is 4.41. The van der Waals surface area contributed by atoms with Crippen molar-refractivity contribution in [2.24, 2.45) is 0 Å². The van der Waals surface area contributed by atoms with Crippen LogP contribution in [0.2, 0.25) is 0 Å². The highest BCUT2D eigenvalue weighted by Gasteiger charge is 2.22. The van der Waals surface area contributed by atoms with Gasteiger partial charge in [-0.25, -0.2) is 4.98 Å². The number of hydrogen-bond donors (Lipinski definition) is 1. The van der Waals surface area contributed by atoms with Gasteiger partial charge >= 0.3 is 0 Å². The van der Waals surface area contributed by atoms with Gasteiger partial charge in [0.05, 0.1) is 0 Å². The fraction of sp³-hybridized carbons (Fsp3) is 0.800. The van der Waals surface area contributed by atoms with Gasteiger partial charge < -0.3 is 10.2 Å². The largest absolute Gasteiger partial charge is 0.346 e. The Morgan fingerprint density at radius 2 is 1.95 bits per heavy atom. The van der Waals surface area contributed by atoms with Crippen LogP contribution in [-0.2, 0) is 0 Å². The summed E-state index contributed by atoms with van der Waals surface area (Å²) in [5.74, 6) is 0. The first kappa shape index (κ1) is 15.7. The van der Waals surface area contributed by atoms with Crippen molar-refractivity contribution in [1.29, 1.82) is 0 Å². The van der Waals surface area contributed by atoms with Crippen LogP contribution in [0.3, 0.4) is 0 Å². The number of anilines is 1. The molecule has 1 saturated heterocycles. The van der Waals surface area contributed by atoms with E-state index in [1.807, 2.05) is 6.20 Å². The highest BCUT2D eigenvalue weighted by molar-refractivity contribution is 7.13. The summed E-state index contributed by atoms with van der Waals surface area (Å²) in [5, 5.41) is 6.92. The van der Waals surface area contributed by atoms with Gasteiger partial charge in [0.2, 0.25) is 0 Å². The third-order valence-electron chi connectivity index (χ3n) is 4.31. The summed E-state index contributed by atoms with van der Waals surface area (Å²) >= 11 is 1.74. The minimum Gasteiger partial charge on any atom is -0.346 e. The molecule has 0 radical (unpaired) electrons. The molecule has 1 fully saturated rings. The van der Waals surface area contributed by atoms with Crippen LogP contribution in [0.5, 0.6) is 0 Å². The average Bonchev–Trinajstić information content (AvgIpc) is 3.02. The van der Waals surface area contributed by atoms with Crippen LogP contribution in [0.4, 0.5) is 5.13 Å². The molecule has 5 heteroatoms. The highest BCUT2D eigenvalue weighted by atomic mass is 32.1. The predicted molar refractivity (Wildman–Crippen MR) is 87.7 cm³/mol. The zero-order valence-electron chi connectivity index (χ0n) is 13.0. The fourth-order valence-corrected chi connectivity index (χ4v) is 3.47. The smallest absolute Gasteiger partial charge is 0.185 e. The molecule has 114 valence electrons. The maximum absolute atomic E-state index is 4.41. The quantitative estimate of drug-likeness (QED) is 0.837. The van der Waals surface area contributed by atoms with Crippen molar-refractivity contribution < 1.29 is 0 Å². The maximum Gasteiger partial charge on any atom is 0.185 e. The van der Waals surface area contributed by atoms with E-state index in [0.29, 0.717) is 12.1 Å². The second-order valence-corrected chi connectivity index (χ2v) is 6.48. The minimum atomic E-state index is 0.619. The van der Waals surface area contributed by atoms with E-state index in [2.05, 4.69) is 46.3 Å². The van der Waals surface area contributed by atoms with E-state index in [1.165, 1.54) is 18.0 Å². The molecule has 1 atom stereocenters. The molecule has 1 N–H and O–H groups in total. The van der Waals surface area contributed by atoms with Crippen molar-refractivity contribution in [3.05, 3.63) is 11.6 Å². The summed E-state index contributed by atoms with van der Waals surface area (Å²) < 4.78 is 0. The van der Waals surface area contributed by atoms with Gasteiger partial charge in [-0.1, -0.05) is 13.8 Å². The minimum absolute atomic E-state index is 0.619. The second kappa shape index (κ2) is 7.96. The topological polar surface area (TPSA) is 31.4 Å². The van der Waals surface area contributed by atoms with Crippen LogP contribution in [0.15, 0.2) is 11.6 Å². The van der Waals surface area contributed by atoms with Crippen LogP contribution in [0.25, 0.3) is 0 Å². The molecule has 1 aliphatic heterocycles. The third-order valence-corrected chi connectivity index (χ3v) is 5.15. The molecular formula is C15H28N4S. The summed E-state index contributed by atoms with van der Waals surface area (Å²) in [7, 11) is 0. The van der Waals surface area contributed by atoms with Crippen molar-refractivity contribution >= 4 is 16.5 Å². The van der Waals surface area contributed by atoms with E-state index in [-0.39, 0.29) is 0 Å².